The van der Waals surface area contributed by atoms with Crippen LogP contribution in [0.1, 0.15) is 10.7 Å². The number of hydrogen-bond donors (Lipinski definition) is 2. The number of aryl methyl sites for hydroxylation is 1. The van der Waals surface area contributed by atoms with Crippen LogP contribution in [0.25, 0.3) is 10.8 Å². The normalized spacial score (nSPS) is 12.4. The molecule has 0 saturated carbocycles. The fourth-order valence-corrected chi connectivity index (χ4v) is 3.04. The molecular weight excluding hydrogens is 308 g/mol. The molecule has 0 amide bonds. The van der Waals surface area contributed by atoms with E-state index < -0.39 is 6.10 Å². The molecule has 0 spiro atoms. The highest BCUT2D eigenvalue weighted by Crippen LogP contribution is 2.25. The second-order valence-electron chi connectivity index (χ2n) is 5.43. The highest BCUT2D eigenvalue weighted by Gasteiger charge is 2.07. The number of aliphatic hydroxyl groups is 1. The summed E-state index contributed by atoms with van der Waals surface area (Å²) in [5.41, 5.74) is 1.01. The third-order valence-corrected chi connectivity index (χ3v) is 4.36. The Labute approximate surface area is 139 Å². The summed E-state index contributed by atoms with van der Waals surface area (Å²) in [7, 11) is 0. The molecule has 2 aromatic carbocycles. The minimum Gasteiger partial charge on any atom is -0.490 e. The Kier molecular flexibility index (Phi) is 5.23. The molecule has 0 aliphatic rings. The molecule has 0 aliphatic carbocycles. The Bertz CT molecular complexity index is 767. The molecule has 1 heterocycles. The molecule has 0 unspecified atom stereocenters. The fraction of sp³-hybridized carbons (Fsp3) is 0.278. The number of nitrogens with zero attached hydrogens (tertiary/aromatic N) is 1. The first kappa shape index (κ1) is 15.9. The van der Waals surface area contributed by atoms with Gasteiger partial charge in [-0.1, -0.05) is 36.4 Å². The van der Waals surface area contributed by atoms with E-state index in [2.05, 4.69) is 22.4 Å². The molecular formula is C18H20N2O2S. The summed E-state index contributed by atoms with van der Waals surface area (Å²) in [5.74, 6) is 0.803. The van der Waals surface area contributed by atoms with E-state index in [1.807, 2.05) is 42.6 Å². The predicted octanol–water partition coefficient (Wildman–Crippen LogP) is 3.13. The van der Waals surface area contributed by atoms with Crippen LogP contribution in [0.15, 0.2) is 47.8 Å². The van der Waals surface area contributed by atoms with Gasteiger partial charge in [-0.2, -0.15) is 0 Å². The van der Waals surface area contributed by atoms with Gasteiger partial charge in [-0.15, -0.1) is 11.3 Å². The number of thiazole rings is 1. The van der Waals surface area contributed by atoms with Gasteiger partial charge in [0.2, 0.25) is 0 Å². The minimum absolute atomic E-state index is 0.261. The molecule has 4 nitrogen and oxygen atoms in total. The second kappa shape index (κ2) is 7.55. The fourth-order valence-electron chi connectivity index (χ4n) is 2.42. The molecule has 23 heavy (non-hydrogen) atoms. The van der Waals surface area contributed by atoms with Crippen molar-refractivity contribution in [2.24, 2.45) is 0 Å². The van der Waals surface area contributed by atoms with Crippen LogP contribution in [0.3, 0.4) is 0 Å². The molecule has 3 rings (SSSR count). The number of aliphatic hydroxyl groups excluding tert-OH is 1. The zero-order chi connectivity index (χ0) is 16.1. The Balaban J connectivity index is 1.49. The summed E-state index contributed by atoms with van der Waals surface area (Å²) in [6.45, 7) is 3.38. The molecule has 1 aromatic heterocycles. The number of nitrogens with one attached hydrogen (secondary N) is 1. The van der Waals surface area contributed by atoms with Crippen LogP contribution in [0.2, 0.25) is 0 Å². The van der Waals surface area contributed by atoms with Crippen LogP contribution >= 0.6 is 11.3 Å². The van der Waals surface area contributed by atoms with Crippen molar-refractivity contribution in [2.75, 3.05) is 13.2 Å². The molecule has 0 saturated heterocycles. The number of aromatic nitrogens is 1. The Hall–Kier alpha value is -1.95. The maximum Gasteiger partial charge on any atom is 0.127 e. The zero-order valence-electron chi connectivity index (χ0n) is 13.0. The van der Waals surface area contributed by atoms with Gasteiger partial charge in [-0.3, -0.25) is 0 Å². The lowest BCUT2D eigenvalue weighted by atomic mass is 10.1. The van der Waals surface area contributed by atoms with Crippen molar-refractivity contribution in [2.45, 2.75) is 19.6 Å². The number of ether oxygens (including phenoxy) is 1. The summed E-state index contributed by atoms with van der Waals surface area (Å²) >= 11 is 1.63. The lowest BCUT2D eigenvalue weighted by molar-refractivity contribution is 0.107. The number of rotatable bonds is 7. The summed E-state index contributed by atoms with van der Waals surface area (Å²) in [5, 5.41) is 18.5. The maximum absolute atomic E-state index is 10.1. The van der Waals surface area contributed by atoms with Crippen LogP contribution in [0.5, 0.6) is 5.75 Å². The van der Waals surface area contributed by atoms with Crippen LogP contribution in [-0.2, 0) is 6.54 Å². The van der Waals surface area contributed by atoms with E-state index in [-0.39, 0.29) is 6.61 Å². The smallest absolute Gasteiger partial charge is 0.127 e. The van der Waals surface area contributed by atoms with Gasteiger partial charge in [0.25, 0.3) is 0 Å². The van der Waals surface area contributed by atoms with Crippen molar-refractivity contribution in [3.63, 3.8) is 0 Å². The molecule has 3 aromatic rings. The van der Waals surface area contributed by atoms with E-state index in [9.17, 15) is 5.11 Å². The lowest BCUT2D eigenvalue weighted by Gasteiger charge is -2.14. The van der Waals surface area contributed by atoms with E-state index in [4.69, 9.17) is 4.74 Å². The molecule has 0 fully saturated rings. The third kappa shape index (κ3) is 4.28. The van der Waals surface area contributed by atoms with Crippen molar-refractivity contribution < 1.29 is 9.84 Å². The largest absolute Gasteiger partial charge is 0.490 e. The highest BCUT2D eigenvalue weighted by atomic mass is 32.1. The first-order valence-electron chi connectivity index (χ1n) is 7.63. The average Bonchev–Trinajstić information content (AvgIpc) is 2.98. The van der Waals surface area contributed by atoms with E-state index in [0.717, 1.165) is 27.2 Å². The number of fused-ring (bicyclic) bond motifs is 1. The number of hydrogen-bond acceptors (Lipinski definition) is 5. The monoisotopic (exact) mass is 328 g/mol. The van der Waals surface area contributed by atoms with Gasteiger partial charge in [0.15, 0.2) is 0 Å². The van der Waals surface area contributed by atoms with Crippen molar-refractivity contribution in [1.82, 2.24) is 10.3 Å². The van der Waals surface area contributed by atoms with Gasteiger partial charge in [-0.05, 0) is 18.4 Å². The van der Waals surface area contributed by atoms with Gasteiger partial charge in [-0.25, -0.2) is 4.98 Å². The van der Waals surface area contributed by atoms with E-state index in [0.29, 0.717) is 13.1 Å². The second-order valence-corrected chi connectivity index (χ2v) is 6.49. The van der Waals surface area contributed by atoms with Crippen molar-refractivity contribution in [3.05, 3.63) is 58.5 Å². The molecule has 120 valence electrons. The predicted molar refractivity (Wildman–Crippen MR) is 94.0 cm³/mol. The Morgan fingerprint density at radius 3 is 2.87 bits per heavy atom. The van der Waals surface area contributed by atoms with Crippen LogP contribution in [-0.4, -0.2) is 29.3 Å². The quantitative estimate of drug-likeness (QED) is 0.700. The van der Waals surface area contributed by atoms with Crippen LogP contribution in [0.4, 0.5) is 0 Å². The molecule has 1 atom stereocenters. The lowest BCUT2D eigenvalue weighted by Crippen LogP contribution is -2.31. The van der Waals surface area contributed by atoms with Gasteiger partial charge in [0.1, 0.15) is 18.5 Å². The standard InChI is InChI=1S/C18H20N2O2S/c1-13-20-15(12-23-13)9-19-10-16(21)11-22-18-8-4-6-14-5-2-3-7-17(14)18/h2-8,12,16,19,21H,9-11H2,1H3/t16-/m0/s1. The highest BCUT2D eigenvalue weighted by molar-refractivity contribution is 7.09. The van der Waals surface area contributed by atoms with Crippen LogP contribution < -0.4 is 10.1 Å². The summed E-state index contributed by atoms with van der Waals surface area (Å²) in [6.07, 6.45) is -0.561. The van der Waals surface area contributed by atoms with Crippen molar-refractivity contribution >= 4 is 22.1 Å². The van der Waals surface area contributed by atoms with E-state index in [1.54, 1.807) is 11.3 Å². The topological polar surface area (TPSA) is 54.4 Å². The summed E-state index contributed by atoms with van der Waals surface area (Å²) < 4.78 is 5.78. The van der Waals surface area contributed by atoms with Crippen molar-refractivity contribution in [3.8, 4) is 5.75 Å². The molecule has 0 radical (unpaired) electrons. The summed E-state index contributed by atoms with van der Waals surface area (Å²) in [6, 6.07) is 14.0. The molecule has 0 bridgehead atoms. The molecule has 5 heteroatoms. The average molecular weight is 328 g/mol. The van der Waals surface area contributed by atoms with E-state index in [1.165, 1.54) is 0 Å². The maximum atomic E-state index is 10.1. The van der Waals surface area contributed by atoms with Gasteiger partial charge in [0, 0.05) is 23.9 Å². The molecule has 2 N–H and O–H groups in total. The summed E-state index contributed by atoms with van der Waals surface area (Å²) in [4.78, 5) is 4.38. The van der Waals surface area contributed by atoms with Crippen LogP contribution in [0, 0.1) is 6.92 Å². The Morgan fingerprint density at radius 2 is 2.04 bits per heavy atom. The minimum atomic E-state index is -0.561. The molecule has 0 aliphatic heterocycles. The van der Waals surface area contributed by atoms with Gasteiger partial charge >= 0.3 is 0 Å². The zero-order valence-corrected chi connectivity index (χ0v) is 13.8. The third-order valence-electron chi connectivity index (χ3n) is 3.53. The number of benzene rings is 2. The van der Waals surface area contributed by atoms with Gasteiger partial charge in [0.05, 0.1) is 10.7 Å². The first-order valence-corrected chi connectivity index (χ1v) is 8.50. The van der Waals surface area contributed by atoms with E-state index >= 15 is 0 Å². The SMILES string of the molecule is Cc1nc(CNC[C@H](O)COc2cccc3ccccc23)cs1. The Morgan fingerprint density at radius 1 is 1.22 bits per heavy atom. The van der Waals surface area contributed by atoms with Crippen molar-refractivity contribution in [1.29, 1.82) is 0 Å². The first-order chi connectivity index (χ1) is 11.2. The van der Waals surface area contributed by atoms with Gasteiger partial charge < -0.3 is 15.2 Å².